The third kappa shape index (κ3) is 3.34. The summed E-state index contributed by atoms with van der Waals surface area (Å²) in [6.45, 7) is 0. The lowest BCUT2D eigenvalue weighted by Gasteiger charge is -2.11. The first-order chi connectivity index (χ1) is 12.6. The quantitative estimate of drug-likeness (QED) is 0.695. The minimum atomic E-state index is -0.555. The van der Waals surface area contributed by atoms with Gasteiger partial charge in [0.15, 0.2) is 11.5 Å². The Hall–Kier alpha value is -3.06. The fraction of sp³-hybridized carbons (Fsp3) is 0.158. The maximum Gasteiger partial charge on any atom is 0.268 e. The Morgan fingerprint density at radius 2 is 1.73 bits per heavy atom. The van der Waals surface area contributed by atoms with Crippen LogP contribution >= 0.6 is 11.3 Å². The lowest BCUT2D eigenvalue weighted by atomic mass is 10.1. The molecule has 1 heterocycles. The molecule has 1 N–H and O–H groups in total. The summed E-state index contributed by atoms with van der Waals surface area (Å²) in [7, 11) is 4.51. The van der Waals surface area contributed by atoms with E-state index in [-0.39, 0.29) is 11.3 Å². The number of rotatable bonds is 5. The van der Waals surface area contributed by atoms with Crippen molar-refractivity contribution in [1.29, 1.82) is 0 Å². The van der Waals surface area contributed by atoms with E-state index in [0.717, 1.165) is 10.1 Å². The number of fused-ring (bicyclic) bond motifs is 1. The van der Waals surface area contributed by atoms with Gasteiger partial charge in [-0.1, -0.05) is 6.07 Å². The summed E-state index contributed by atoms with van der Waals surface area (Å²) < 4.78 is 16.5. The molecule has 2 amide bonds. The number of hydrogen-bond donors (Lipinski definition) is 1. The van der Waals surface area contributed by atoms with Crippen LogP contribution in [-0.4, -0.2) is 33.1 Å². The van der Waals surface area contributed by atoms with E-state index in [4.69, 9.17) is 14.2 Å². The SMILES string of the molecule is COc1ccc2sc(C(=O)NC(=O)c3cccc(OC)c3OC)cc2c1. The molecule has 3 aromatic rings. The van der Waals surface area contributed by atoms with Crippen molar-refractivity contribution in [3.05, 3.63) is 52.9 Å². The summed E-state index contributed by atoms with van der Waals surface area (Å²) in [5.41, 5.74) is 0.225. The number of para-hydroxylation sites is 1. The van der Waals surface area contributed by atoms with Gasteiger partial charge in [-0.3, -0.25) is 14.9 Å². The fourth-order valence-corrected chi connectivity index (χ4v) is 3.50. The van der Waals surface area contributed by atoms with E-state index in [1.165, 1.54) is 25.6 Å². The molecule has 2 aromatic carbocycles. The zero-order chi connectivity index (χ0) is 18.7. The molecule has 0 saturated heterocycles. The number of nitrogens with one attached hydrogen (secondary N) is 1. The highest BCUT2D eigenvalue weighted by molar-refractivity contribution is 7.20. The van der Waals surface area contributed by atoms with Crippen molar-refractivity contribution in [3.8, 4) is 17.2 Å². The highest BCUT2D eigenvalue weighted by Gasteiger charge is 2.20. The Kier molecular flexibility index (Phi) is 5.09. The van der Waals surface area contributed by atoms with Crippen molar-refractivity contribution >= 4 is 33.2 Å². The average Bonchev–Trinajstić information content (AvgIpc) is 3.10. The van der Waals surface area contributed by atoms with Gasteiger partial charge in [-0.15, -0.1) is 11.3 Å². The third-order valence-corrected chi connectivity index (χ3v) is 4.94. The van der Waals surface area contributed by atoms with Gasteiger partial charge in [0.1, 0.15) is 5.75 Å². The standard InChI is InChI=1S/C19H17NO5S/c1-23-12-7-8-15-11(9-12)10-16(26-15)19(22)20-18(21)13-5-4-6-14(24-2)17(13)25-3/h4-10H,1-3H3,(H,20,21,22). The molecule has 3 rings (SSSR count). The van der Waals surface area contributed by atoms with Crippen LogP contribution in [0.15, 0.2) is 42.5 Å². The largest absolute Gasteiger partial charge is 0.497 e. The van der Waals surface area contributed by atoms with Crippen LogP contribution in [0.3, 0.4) is 0 Å². The Labute approximate surface area is 154 Å². The van der Waals surface area contributed by atoms with Gasteiger partial charge in [-0.05, 0) is 41.8 Å². The monoisotopic (exact) mass is 371 g/mol. The maximum atomic E-state index is 12.5. The van der Waals surface area contributed by atoms with Gasteiger partial charge in [0.05, 0.1) is 31.8 Å². The molecule has 0 atom stereocenters. The van der Waals surface area contributed by atoms with Gasteiger partial charge >= 0.3 is 0 Å². The molecule has 0 aliphatic rings. The number of ether oxygens (including phenoxy) is 3. The van der Waals surface area contributed by atoms with E-state index >= 15 is 0 Å². The normalized spacial score (nSPS) is 10.4. The third-order valence-electron chi connectivity index (χ3n) is 3.82. The molecule has 0 bridgehead atoms. The second-order valence-electron chi connectivity index (χ2n) is 5.34. The summed E-state index contributed by atoms with van der Waals surface area (Å²) >= 11 is 1.30. The van der Waals surface area contributed by atoms with Crippen LogP contribution in [0.1, 0.15) is 20.0 Å². The summed E-state index contributed by atoms with van der Waals surface area (Å²) in [5, 5.41) is 3.27. The number of thiophene rings is 1. The Morgan fingerprint density at radius 3 is 2.42 bits per heavy atom. The molecule has 7 heteroatoms. The number of carbonyl (C=O) groups excluding carboxylic acids is 2. The van der Waals surface area contributed by atoms with Crippen molar-refractivity contribution in [2.24, 2.45) is 0 Å². The van der Waals surface area contributed by atoms with Gasteiger partial charge in [-0.2, -0.15) is 0 Å². The summed E-state index contributed by atoms with van der Waals surface area (Å²) in [6.07, 6.45) is 0. The number of amides is 2. The first kappa shape index (κ1) is 17.8. The molecule has 0 aliphatic heterocycles. The smallest absolute Gasteiger partial charge is 0.268 e. The van der Waals surface area contributed by atoms with E-state index in [1.54, 1.807) is 31.4 Å². The predicted molar refractivity (Wildman–Crippen MR) is 99.7 cm³/mol. The molecule has 0 radical (unpaired) electrons. The maximum absolute atomic E-state index is 12.5. The van der Waals surface area contributed by atoms with Crippen LogP contribution in [0.5, 0.6) is 17.2 Å². The van der Waals surface area contributed by atoms with E-state index in [2.05, 4.69) is 5.32 Å². The molecule has 1 aromatic heterocycles. The Morgan fingerprint density at radius 1 is 0.923 bits per heavy atom. The second kappa shape index (κ2) is 7.45. The lowest BCUT2D eigenvalue weighted by Crippen LogP contribution is -2.30. The van der Waals surface area contributed by atoms with E-state index in [1.807, 2.05) is 18.2 Å². The molecule has 26 heavy (non-hydrogen) atoms. The molecule has 0 unspecified atom stereocenters. The molecular weight excluding hydrogens is 354 g/mol. The lowest BCUT2D eigenvalue weighted by molar-refractivity contribution is 0.0849. The van der Waals surface area contributed by atoms with Crippen LogP contribution in [0.4, 0.5) is 0 Å². The van der Waals surface area contributed by atoms with E-state index in [9.17, 15) is 9.59 Å². The number of benzene rings is 2. The first-order valence-electron chi connectivity index (χ1n) is 7.71. The van der Waals surface area contributed by atoms with Crippen LogP contribution in [0.2, 0.25) is 0 Å². The molecule has 134 valence electrons. The van der Waals surface area contributed by atoms with Crippen LogP contribution < -0.4 is 19.5 Å². The predicted octanol–water partition coefficient (Wildman–Crippen LogP) is 3.50. The van der Waals surface area contributed by atoms with E-state index in [0.29, 0.717) is 16.4 Å². The highest BCUT2D eigenvalue weighted by atomic mass is 32.1. The van der Waals surface area contributed by atoms with E-state index < -0.39 is 11.8 Å². The number of hydrogen-bond acceptors (Lipinski definition) is 6. The number of methoxy groups -OCH3 is 3. The molecule has 0 fully saturated rings. The number of carbonyl (C=O) groups is 2. The van der Waals surface area contributed by atoms with Gasteiger partial charge < -0.3 is 14.2 Å². The molecule has 0 spiro atoms. The summed E-state index contributed by atoms with van der Waals surface area (Å²) in [4.78, 5) is 25.4. The van der Waals surface area contributed by atoms with Crippen LogP contribution in [0.25, 0.3) is 10.1 Å². The van der Waals surface area contributed by atoms with Gasteiger partial charge in [0.25, 0.3) is 11.8 Å². The first-order valence-corrected chi connectivity index (χ1v) is 8.53. The molecule has 6 nitrogen and oxygen atoms in total. The summed E-state index contributed by atoms with van der Waals surface area (Å²) in [6, 6.07) is 12.2. The Balaban J connectivity index is 1.85. The van der Waals surface area contributed by atoms with Crippen molar-refractivity contribution in [1.82, 2.24) is 5.32 Å². The van der Waals surface area contributed by atoms with Crippen LogP contribution in [-0.2, 0) is 0 Å². The molecule has 0 saturated carbocycles. The fourth-order valence-electron chi connectivity index (χ4n) is 2.56. The van der Waals surface area contributed by atoms with Gasteiger partial charge in [0, 0.05) is 4.70 Å². The van der Waals surface area contributed by atoms with Crippen molar-refractivity contribution in [2.45, 2.75) is 0 Å². The average molecular weight is 371 g/mol. The molecular formula is C19H17NO5S. The summed E-state index contributed by atoms with van der Waals surface area (Å²) in [5.74, 6) is 0.378. The molecule has 0 aliphatic carbocycles. The Bertz CT molecular complexity index is 979. The zero-order valence-electron chi connectivity index (χ0n) is 14.5. The minimum absolute atomic E-state index is 0.225. The van der Waals surface area contributed by atoms with Crippen LogP contribution in [0, 0.1) is 0 Å². The van der Waals surface area contributed by atoms with Crippen molar-refractivity contribution in [3.63, 3.8) is 0 Å². The minimum Gasteiger partial charge on any atom is -0.497 e. The number of imide groups is 1. The van der Waals surface area contributed by atoms with Gasteiger partial charge in [0.2, 0.25) is 0 Å². The second-order valence-corrected chi connectivity index (χ2v) is 6.42. The van der Waals surface area contributed by atoms with Crippen molar-refractivity contribution < 1.29 is 23.8 Å². The van der Waals surface area contributed by atoms with Crippen molar-refractivity contribution in [2.75, 3.05) is 21.3 Å². The highest BCUT2D eigenvalue weighted by Crippen LogP contribution is 2.31. The topological polar surface area (TPSA) is 73.9 Å². The van der Waals surface area contributed by atoms with Gasteiger partial charge in [-0.25, -0.2) is 0 Å². The zero-order valence-corrected chi connectivity index (χ0v) is 15.3.